The molecule has 2 aromatic carbocycles. The number of benzene rings is 2. The summed E-state index contributed by atoms with van der Waals surface area (Å²) in [5.74, 6) is 0. The second-order valence-electron chi connectivity index (χ2n) is 6.07. The largest absolute Gasteiger partial charge is 0.0622 e. The fourth-order valence-corrected chi connectivity index (χ4v) is 3.14. The van der Waals surface area contributed by atoms with Crippen molar-refractivity contribution < 1.29 is 0 Å². The zero-order valence-electron chi connectivity index (χ0n) is 13.2. The molecule has 0 bridgehead atoms. The average molecular weight is 288 g/mol. The molecule has 0 nitrogen and oxygen atoms in total. The van der Waals surface area contributed by atoms with Crippen molar-refractivity contribution in [1.29, 1.82) is 0 Å². The van der Waals surface area contributed by atoms with E-state index in [9.17, 15) is 0 Å². The third-order valence-corrected chi connectivity index (χ3v) is 4.34. The van der Waals surface area contributed by atoms with Crippen molar-refractivity contribution in [3.05, 3.63) is 82.9 Å². The van der Waals surface area contributed by atoms with Gasteiger partial charge in [0.05, 0.1) is 0 Å². The molecule has 1 fully saturated rings. The molecule has 3 rings (SSSR count). The minimum Gasteiger partial charge on any atom is -0.0622 e. The molecule has 0 spiro atoms. The van der Waals surface area contributed by atoms with E-state index in [-0.39, 0.29) is 0 Å². The molecular weight excluding hydrogens is 264 g/mol. The summed E-state index contributed by atoms with van der Waals surface area (Å²) in [6, 6.07) is 21.5. The monoisotopic (exact) mass is 288 g/mol. The fourth-order valence-electron chi connectivity index (χ4n) is 3.14. The van der Waals surface area contributed by atoms with Gasteiger partial charge in [-0.25, -0.2) is 0 Å². The van der Waals surface area contributed by atoms with E-state index in [1.807, 2.05) is 0 Å². The molecule has 0 saturated heterocycles. The maximum atomic E-state index is 2.39. The lowest BCUT2D eigenvalue weighted by atomic mass is 9.89. The van der Waals surface area contributed by atoms with Gasteiger partial charge >= 0.3 is 0 Å². The summed E-state index contributed by atoms with van der Waals surface area (Å²) in [5, 5.41) is 0. The molecule has 0 aromatic heterocycles. The Balaban J connectivity index is 1.94. The van der Waals surface area contributed by atoms with Crippen LogP contribution in [0.2, 0.25) is 0 Å². The standard InChI is InChI=1S/C22H24/c1-2-10-16-22(18-20-13-7-4-8-14-20)21(15-9-1)17-19-11-5-3-6-12-19/h3-8,11-14,17-18H,1-2,9-10,15-16H2. The maximum absolute atomic E-state index is 2.39. The molecule has 0 unspecified atom stereocenters. The van der Waals surface area contributed by atoms with Gasteiger partial charge in [-0.2, -0.15) is 0 Å². The minimum absolute atomic E-state index is 1.20. The topological polar surface area (TPSA) is 0 Å². The fraction of sp³-hybridized carbons (Fsp3) is 0.273. The first-order chi connectivity index (χ1) is 10.9. The van der Waals surface area contributed by atoms with Crippen LogP contribution in [-0.4, -0.2) is 0 Å². The molecule has 0 radical (unpaired) electrons. The molecule has 0 N–H and O–H groups in total. The molecule has 0 aliphatic heterocycles. The van der Waals surface area contributed by atoms with Crippen LogP contribution >= 0.6 is 0 Å². The van der Waals surface area contributed by atoms with Crippen molar-refractivity contribution in [2.24, 2.45) is 0 Å². The SMILES string of the molecule is C(=C1CCCCCCC1=Cc1ccccc1)c1ccccc1. The summed E-state index contributed by atoms with van der Waals surface area (Å²) < 4.78 is 0. The molecule has 0 atom stereocenters. The maximum Gasteiger partial charge on any atom is -0.0254 e. The Labute approximate surface area is 134 Å². The van der Waals surface area contributed by atoms with Gasteiger partial charge < -0.3 is 0 Å². The number of hydrogen-bond donors (Lipinski definition) is 0. The highest BCUT2D eigenvalue weighted by atomic mass is 14.1. The van der Waals surface area contributed by atoms with Gasteiger partial charge in [-0.1, -0.05) is 85.7 Å². The molecule has 0 amide bonds. The molecule has 0 heteroatoms. The van der Waals surface area contributed by atoms with Crippen LogP contribution in [0.25, 0.3) is 12.2 Å². The first kappa shape index (κ1) is 14.8. The Kier molecular flexibility index (Phi) is 5.26. The third-order valence-electron chi connectivity index (χ3n) is 4.34. The summed E-state index contributed by atoms with van der Waals surface area (Å²) in [5.41, 5.74) is 5.68. The van der Waals surface area contributed by atoms with Gasteiger partial charge in [0.1, 0.15) is 0 Å². The molecule has 22 heavy (non-hydrogen) atoms. The van der Waals surface area contributed by atoms with Crippen LogP contribution in [-0.2, 0) is 0 Å². The van der Waals surface area contributed by atoms with Crippen LogP contribution in [0.5, 0.6) is 0 Å². The highest BCUT2D eigenvalue weighted by Crippen LogP contribution is 2.30. The number of allylic oxidation sites excluding steroid dienone is 2. The molecule has 1 aliphatic rings. The smallest absolute Gasteiger partial charge is 0.0254 e. The Bertz CT molecular complexity index is 573. The van der Waals surface area contributed by atoms with Crippen LogP contribution in [0.3, 0.4) is 0 Å². The van der Waals surface area contributed by atoms with Crippen molar-refractivity contribution >= 4 is 12.2 Å². The third kappa shape index (κ3) is 4.21. The molecule has 1 saturated carbocycles. The van der Waals surface area contributed by atoms with Crippen LogP contribution < -0.4 is 0 Å². The second-order valence-corrected chi connectivity index (χ2v) is 6.07. The molecule has 112 valence electrons. The minimum atomic E-state index is 1.20. The van der Waals surface area contributed by atoms with Gasteiger partial charge in [-0.15, -0.1) is 0 Å². The van der Waals surface area contributed by atoms with E-state index in [1.165, 1.54) is 60.8 Å². The highest BCUT2D eigenvalue weighted by molar-refractivity contribution is 5.66. The number of rotatable bonds is 2. The molecule has 2 aromatic rings. The lowest BCUT2D eigenvalue weighted by Gasteiger charge is -2.17. The Morgan fingerprint density at radius 1 is 0.500 bits per heavy atom. The van der Waals surface area contributed by atoms with Crippen molar-refractivity contribution in [2.75, 3.05) is 0 Å². The van der Waals surface area contributed by atoms with Gasteiger partial charge in [0.2, 0.25) is 0 Å². The van der Waals surface area contributed by atoms with Crippen LogP contribution in [0, 0.1) is 0 Å². The Hall–Kier alpha value is -2.08. The quantitative estimate of drug-likeness (QED) is 0.591. The Morgan fingerprint density at radius 3 is 1.32 bits per heavy atom. The van der Waals surface area contributed by atoms with Gasteiger partial charge in [0.25, 0.3) is 0 Å². The van der Waals surface area contributed by atoms with Crippen LogP contribution in [0.1, 0.15) is 49.7 Å². The summed E-state index contributed by atoms with van der Waals surface area (Å²) >= 11 is 0. The van der Waals surface area contributed by atoms with E-state index in [1.54, 1.807) is 0 Å². The summed E-state index contributed by atoms with van der Waals surface area (Å²) in [6.45, 7) is 0. The second kappa shape index (κ2) is 7.79. The highest BCUT2D eigenvalue weighted by Gasteiger charge is 2.09. The predicted molar refractivity (Wildman–Crippen MR) is 96.5 cm³/mol. The van der Waals surface area contributed by atoms with E-state index < -0.39 is 0 Å². The van der Waals surface area contributed by atoms with Crippen molar-refractivity contribution in [1.82, 2.24) is 0 Å². The first-order valence-corrected chi connectivity index (χ1v) is 8.43. The zero-order valence-corrected chi connectivity index (χ0v) is 13.2. The van der Waals surface area contributed by atoms with Gasteiger partial charge in [0.15, 0.2) is 0 Å². The predicted octanol–water partition coefficient (Wildman–Crippen LogP) is 6.51. The summed E-state index contributed by atoms with van der Waals surface area (Å²) in [7, 11) is 0. The van der Waals surface area contributed by atoms with Crippen molar-refractivity contribution in [3.63, 3.8) is 0 Å². The summed E-state index contributed by atoms with van der Waals surface area (Å²) in [4.78, 5) is 0. The zero-order chi connectivity index (χ0) is 15.0. The van der Waals surface area contributed by atoms with Crippen molar-refractivity contribution in [2.45, 2.75) is 38.5 Å². The van der Waals surface area contributed by atoms with Gasteiger partial charge in [-0.05, 0) is 48.0 Å². The van der Waals surface area contributed by atoms with Gasteiger partial charge in [-0.3, -0.25) is 0 Å². The van der Waals surface area contributed by atoms with Crippen LogP contribution in [0.4, 0.5) is 0 Å². The molecular formula is C22H24. The van der Waals surface area contributed by atoms with E-state index >= 15 is 0 Å². The van der Waals surface area contributed by atoms with E-state index in [0.29, 0.717) is 0 Å². The molecule has 0 heterocycles. The van der Waals surface area contributed by atoms with Gasteiger partial charge in [0, 0.05) is 0 Å². The average Bonchev–Trinajstić information content (AvgIpc) is 2.55. The van der Waals surface area contributed by atoms with E-state index in [0.717, 1.165) is 0 Å². The summed E-state index contributed by atoms with van der Waals surface area (Å²) in [6.07, 6.45) is 12.5. The molecule has 1 aliphatic carbocycles. The van der Waals surface area contributed by atoms with Crippen molar-refractivity contribution in [3.8, 4) is 0 Å². The van der Waals surface area contributed by atoms with E-state index in [2.05, 4.69) is 72.8 Å². The Morgan fingerprint density at radius 2 is 0.909 bits per heavy atom. The first-order valence-electron chi connectivity index (χ1n) is 8.43. The van der Waals surface area contributed by atoms with Crippen LogP contribution in [0.15, 0.2) is 71.8 Å². The normalized spacial score (nSPS) is 19.8. The lowest BCUT2D eigenvalue weighted by molar-refractivity contribution is 0.616. The lowest BCUT2D eigenvalue weighted by Crippen LogP contribution is -1.96. The van der Waals surface area contributed by atoms with E-state index in [4.69, 9.17) is 0 Å². The number of hydrogen-bond acceptors (Lipinski definition) is 0.